The Labute approximate surface area is 105 Å². The van der Waals surface area contributed by atoms with Crippen LogP contribution < -0.4 is 5.73 Å². The fraction of sp³-hybridized carbons (Fsp3) is 0.385. The molecule has 0 radical (unpaired) electrons. The minimum Gasteiger partial charge on any atom is -0.481 e. The molecule has 0 bridgehead atoms. The molecule has 0 aromatic heterocycles. The van der Waals surface area contributed by atoms with Crippen LogP contribution in [0.5, 0.6) is 0 Å². The van der Waals surface area contributed by atoms with Gasteiger partial charge in [-0.2, -0.15) is 0 Å². The first-order chi connectivity index (χ1) is 8.54. The summed E-state index contributed by atoms with van der Waals surface area (Å²) in [6, 6.07) is 7.21. The fourth-order valence-corrected chi connectivity index (χ4v) is 2.07. The van der Waals surface area contributed by atoms with E-state index >= 15 is 0 Å². The van der Waals surface area contributed by atoms with Gasteiger partial charge in [0.25, 0.3) is 0 Å². The zero-order valence-electron chi connectivity index (χ0n) is 10.0. The van der Waals surface area contributed by atoms with E-state index < -0.39 is 5.97 Å². The molecule has 3 N–H and O–H groups in total. The molecule has 18 heavy (non-hydrogen) atoms. The number of anilines is 1. The summed E-state index contributed by atoms with van der Waals surface area (Å²) in [6.07, 6.45) is 0.492. The number of rotatable bonds is 4. The molecule has 1 saturated heterocycles. The topological polar surface area (TPSA) is 83.6 Å². The zero-order chi connectivity index (χ0) is 13.1. The molecular weight excluding hydrogens is 232 g/mol. The summed E-state index contributed by atoms with van der Waals surface area (Å²) in [7, 11) is 0. The van der Waals surface area contributed by atoms with E-state index in [1.54, 1.807) is 17.0 Å². The largest absolute Gasteiger partial charge is 0.481 e. The van der Waals surface area contributed by atoms with Crippen LogP contribution >= 0.6 is 0 Å². The number of nitrogens with zero attached hydrogens (tertiary/aromatic N) is 1. The van der Waals surface area contributed by atoms with Crippen molar-refractivity contribution in [3.8, 4) is 0 Å². The Morgan fingerprint density at radius 3 is 2.44 bits per heavy atom. The maximum absolute atomic E-state index is 11.9. The SMILES string of the molecule is Nc1ccc(CC(=O)N2CC(CC(=O)O)C2)cc1. The highest BCUT2D eigenvalue weighted by molar-refractivity contribution is 5.80. The second kappa shape index (κ2) is 5.08. The van der Waals surface area contributed by atoms with Crippen LogP contribution in [-0.4, -0.2) is 35.0 Å². The van der Waals surface area contributed by atoms with Crippen molar-refractivity contribution in [2.24, 2.45) is 5.92 Å². The lowest BCUT2D eigenvalue weighted by Gasteiger charge is -2.38. The third-order valence-corrected chi connectivity index (χ3v) is 3.11. The van der Waals surface area contributed by atoms with Gasteiger partial charge in [0.15, 0.2) is 0 Å². The van der Waals surface area contributed by atoms with Gasteiger partial charge in [0.2, 0.25) is 5.91 Å². The number of carboxylic acids is 1. The Morgan fingerprint density at radius 1 is 1.28 bits per heavy atom. The minimum absolute atomic E-state index is 0.0430. The molecule has 1 aromatic rings. The summed E-state index contributed by atoms with van der Waals surface area (Å²) < 4.78 is 0. The van der Waals surface area contributed by atoms with E-state index in [9.17, 15) is 9.59 Å². The van der Waals surface area contributed by atoms with E-state index in [0.717, 1.165) is 5.56 Å². The average molecular weight is 248 g/mol. The van der Waals surface area contributed by atoms with Gasteiger partial charge >= 0.3 is 5.97 Å². The second-order valence-corrected chi connectivity index (χ2v) is 4.68. The van der Waals surface area contributed by atoms with Crippen LogP contribution in [-0.2, 0) is 16.0 Å². The van der Waals surface area contributed by atoms with E-state index in [0.29, 0.717) is 25.2 Å². The number of carbonyl (C=O) groups excluding carboxylic acids is 1. The van der Waals surface area contributed by atoms with E-state index in [1.165, 1.54) is 0 Å². The number of benzene rings is 1. The lowest BCUT2D eigenvalue weighted by atomic mass is 9.95. The van der Waals surface area contributed by atoms with Gasteiger partial charge in [-0.15, -0.1) is 0 Å². The normalized spacial score (nSPS) is 15.2. The highest BCUT2D eigenvalue weighted by atomic mass is 16.4. The second-order valence-electron chi connectivity index (χ2n) is 4.68. The van der Waals surface area contributed by atoms with Crippen molar-refractivity contribution in [3.63, 3.8) is 0 Å². The number of aliphatic carboxylic acids is 1. The van der Waals surface area contributed by atoms with Gasteiger partial charge in [-0.1, -0.05) is 12.1 Å². The third kappa shape index (κ3) is 3.00. The van der Waals surface area contributed by atoms with Crippen LogP contribution in [0.1, 0.15) is 12.0 Å². The standard InChI is InChI=1S/C13H16N2O3/c14-11-3-1-9(2-4-11)5-12(16)15-7-10(8-15)6-13(17)18/h1-4,10H,5-8,14H2,(H,17,18). The fourth-order valence-electron chi connectivity index (χ4n) is 2.07. The number of hydrogen-bond donors (Lipinski definition) is 2. The van der Waals surface area contributed by atoms with Crippen LogP contribution in [0, 0.1) is 5.92 Å². The Bertz CT molecular complexity index is 450. The van der Waals surface area contributed by atoms with Gasteiger partial charge in [0, 0.05) is 24.7 Å². The molecule has 5 nitrogen and oxygen atoms in total. The van der Waals surface area contributed by atoms with Crippen LogP contribution in [0.3, 0.4) is 0 Å². The lowest BCUT2D eigenvalue weighted by molar-refractivity contribution is -0.144. The first kappa shape index (κ1) is 12.4. The molecule has 1 aromatic carbocycles. The molecule has 96 valence electrons. The van der Waals surface area contributed by atoms with E-state index in [-0.39, 0.29) is 18.2 Å². The predicted octanol–water partition coefficient (Wildman–Crippen LogP) is 0.744. The van der Waals surface area contributed by atoms with Crippen LogP contribution in [0.4, 0.5) is 5.69 Å². The van der Waals surface area contributed by atoms with Crippen LogP contribution in [0.25, 0.3) is 0 Å². The lowest BCUT2D eigenvalue weighted by Crippen LogP contribution is -2.51. The number of carbonyl (C=O) groups is 2. The molecule has 1 amide bonds. The van der Waals surface area contributed by atoms with Crippen molar-refractivity contribution < 1.29 is 14.7 Å². The predicted molar refractivity (Wildman–Crippen MR) is 66.9 cm³/mol. The van der Waals surface area contributed by atoms with Gasteiger partial charge in [-0.25, -0.2) is 0 Å². The van der Waals surface area contributed by atoms with Crippen molar-refractivity contribution in [2.45, 2.75) is 12.8 Å². The number of carboxylic acid groups (broad SMARTS) is 1. The van der Waals surface area contributed by atoms with Crippen molar-refractivity contribution in [1.82, 2.24) is 4.90 Å². The quantitative estimate of drug-likeness (QED) is 0.770. The maximum atomic E-state index is 11.9. The summed E-state index contributed by atoms with van der Waals surface area (Å²) >= 11 is 0. The number of nitrogen functional groups attached to an aromatic ring is 1. The molecule has 0 aliphatic carbocycles. The van der Waals surface area contributed by atoms with E-state index in [1.807, 2.05) is 12.1 Å². The zero-order valence-corrected chi connectivity index (χ0v) is 10.0. The van der Waals surface area contributed by atoms with Gasteiger partial charge in [0.1, 0.15) is 0 Å². The smallest absolute Gasteiger partial charge is 0.303 e. The molecule has 0 saturated carbocycles. The Balaban J connectivity index is 1.80. The molecule has 0 spiro atoms. The summed E-state index contributed by atoms with van der Waals surface area (Å²) in [6.45, 7) is 1.11. The summed E-state index contributed by atoms with van der Waals surface area (Å²) in [5, 5.41) is 8.62. The summed E-state index contributed by atoms with van der Waals surface area (Å²) in [4.78, 5) is 24.0. The molecule has 0 unspecified atom stereocenters. The molecule has 1 aliphatic rings. The van der Waals surface area contributed by atoms with Crippen molar-refractivity contribution in [2.75, 3.05) is 18.8 Å². The Morgan fingerprint density at radius 2 is 1.89 bits per heavy atom. The Kier molecular flexibility index (Phi) is 3.50. The maximum Gasteiger partial charge on any atom is 0.303 e. The monoisotopic (exact) mass is 248 g/mol. The van der Waals surface area contributed by atoms with Gasteiger partial charge in [0.05, 0.1) is 12.8 Å². The third-order valence-electron chi connectivity index (χ3n) is 3.11. The number of nitrogens with two attached hydrogens (primary N) is 1. The highest BCUT2D eigenvalue weighted by Gasteiger charge is 2.31. The minimum atomic E-state index is -0.800. The number of hydrogen-bond acceptors (Lipinski definition) is 3. The number of likely N-dealkylation sites (tertiary alicyclic amines) is 1. The Hall–Kier alpha value is -2.04. The van der Waals surface area contributed by atoms with Crippen LogP contribution in [0.2, 0.25) is 0 Å². The van der Waals surface area contributed by atoms with Gasteiger partial charge in [-0.3, -0.25) is 9.59 Å². The van der Waals surface area contributed by atoms with Crippen molar-refractivity contribution >= 4 is 17.6 Å². The highest BCUT2D eigenvalue weighted by Crippen LogP contribution is 2.20. The van der Waals surface area contributed by atoms with Crippen molar-refractivity contribution in [1.29, 1.82) is 0 Å². The molecule has 5 heteroatoms. The van der Waals surface area contributed by atoms with E-state index in [4.69, 9.17) is 10.8 Å². The molecule has 0 atom stereocenters. The first-order valence-electron chi connectivity index (χ1n) is 5.88. The molecular formula is C13H16N2O3. The molecule has 2 rings (SSSR count). The van der Waals surface area contributed by atoms with Gasteiger partial charge < -0.3 is 15.7 Å². The first-order valence-corrected chi connectivity index (χ1v) is 5.88. The van der Waals surface area contributed by atoms with Crippen LogP contribution in [0.15, 0.2) is 24.3 Å². The van der Waals surface area contributed by atoms with E-state index in [2.05, 4.69) is 0 Å². The number of amides is 1. The molecule has 1 fully saturated rings. The average Bonchev–Trinajstić information content (AvgIpc) is 2.25. The summed E-state index contributed by atoms with van der Waals surface area (Å²) in [5.41, 5.74) is 7.17. The molecule has 1 heterocycles. The van der Waals surface area contributed by atoms with Crippen molar-refractivity contribution in [3.05, 3.63) is 29.8 Å². The molecule has 1 aliphatic heterocycles. The summed E-state index contributed by atoms with van der Waals surface area (Å²) in [5.74, 6) is -0.648. The van der Waals surface area contributed by atoms with Gasteiger partial charge in [-0.05, 0) is 17.7 Å².